The SMILES string of the molecule is Cn1cc(C2CCCN2C(=O)c2ccc(-n3cnnn3)cc2)cn1. The van der Waals surface area contributed by atoms with E-state index in [0.29, 0.717) is 5.56 Å². The number of hydrogen-bond donors (Lipinski definition) is 0. The zero-order chi connectivity index (χ0) is 16.5. The highest BCUT2D eigenvalue weighted by atomic mass is 16.2. The lowest BCUT2D eigenvalue weighted by Gasteiger charge is -2.24. The van der Waals surface area contributed by atoms with Crippen molar-refractivity contribution in [1.82, 2.24) is 34.9 Å². The van der Waals surface area contributed by atoms with Crippen molar-refractivity contribution in [1.29, 1.82) is 0 Å². The zero-order valence-corrected chi connectivity index (χ0v) is 13.3. The Morgan fingerprint density at radius 3 is 2.75 bits per heavy atom. The number of rotatable bonds is 3. The van der Waals surface area contributed by atoms with Crippen molar-refractivity contribution < 1.29 is 4.79 Å². The van der Waals surface area contributed by atoms with Gasteiger partial charge in [-0.3, -0.25) is 9.48 Å². The standard InChI is InChI=1S/C16H17N7O/c1-21-10-13(9-18-21)15-3-2-8-22(15)16(24)12-4-6-14(7-5-12)23-11-17-19-20-23/h4-7,9-11,15H,2-3,8H2,1H3. The van der Waals surface area contributed by atoms with Gasteiger partial charge in [-0.15, -0.1) is 5.10 Å². The van der Waals surface area contributed by atoms with E-state index in [1.165, 1.54) is 6.33 Å². The molecule has 1 aromatic carbocycles. The number of benzene rings is 1. The van der Waals surface area contributed by atoms with Crippen LogP contribution in [0.4, 0.5) is 0 Å². The van der Waals surface area contributed by atoms with Crippen LogP contribution in [0.5, 0.6) is 0 Å². The average molecular weight is 323 g/mol. The smallest absolute Gasteiger partial charge is 0.254 e. The first kappa shape index (κ1) is 14.6. The van der Waals surface area contributed by atoms with Crippen molar-refractivity contribution in [2.75, 3.05) is 6.54 Å². The number of nitrogens with zero attached hydrogens (tertiary/aromatic N) is 7. The highest BCUT2D eigenvalue weighted by Crippen LogP contribution is 2.32. The van der Waals surface area contributed by atoms with E-state index in [9.17, 15) is 4.79 Å². The van der Waals surface area contributed by atoms with Gasteiger partial charge in [0.25, 0.3) is 5.91 Å². The largest absolute Gasteiger partial charge is 0.331 e. The summed E-state index contributed by atoms with van der Waals surface area (Å²) in [4.78, 5) is 14.8. The molecule has 1 amide bonds. The average Bonchev–Trinajstić information content (AvgIpc) is 3.35. The normalized spacial score (nSPS) is 17.4. The Bertz CT molecular complexity index is 838. The molecule has 0 radical (unpaired) electrons. The van der Waals surface area contributed by atoms with Crippen LogP contribution >= 0.6 is 0 Å². The van der Waals surface area contributed by atoms with Gasteiger partial charge in [-0.25, -0.2) is 4.68 Å². The summed E-state index contributed by atoms with van der Waals surface area (Å²) in [5, 5.41) is 15.3. The summed E-state index contributed by atoms with van der Waals surface area (Å²) in [5.41, 5.74) is 2.58. The molecular weight excluding hydrogens is 306 g/mol. The third kappa shape index (κ3) is 2.55. The Balaban J connectivity index is 1.56. The number of tetrazole rings is 1. The fraction of sp³-hybridized carbons (Fsp3) is 0.312. The minimum Gasteiger partial charge on any atom is -0.331 e. The highest BCUT2D eigenvalue weighted by Gasteiger charge is 2.31. The Hall–Kier alpha value is -3.03. The number of hydrogen-bond acceptors (Lipinski definition) is 5. The first-order chi connectivity index (χ1) is 11.7. The van der Waals surface area contributed by atoms with Gasteiger partial charge in [0.05, 0.1) is 17.9 Å². The summed E-state index contributed by atoms with van der Waals surface area (Å²) in [5.74, 6) is 0.0459. The van der Waals surface area contributed by atoms with Gasteiger partial charge in [0, 0.05) is 30.9 Å². The molecule has 1 aliphatic rings. The molecule has 0 bridgehead atoms. The van der Waals surface area contributed by atoms with E-state index in [0.717, 1.165) is 30.6 Å². The van der Waals surface area contributed by atoms with Gasteiger partial charge in [0.15, 0.2) is 0 Å². The maximum Gasteiger partial charge on any atom is 0.254 e. The molecule has 1 saturated heterocycles. The lowest BCUT2D eigenvalue weighted by Crippen LogP contribution is -2.30. The van der Waals surface area contributed by atoms with E-state index in [-0.39, 0.29) is 11.9 Å². The lowest BCUT2D eigenvalue weighted by atomic mass is 10.1. The van der Waals surface area contributed by atoms with Gasteiger partial charge in [0.1, 0.15) is 6.33 Å². The number of aromatic nitrogens is 6. The molecule has 2 aromatic heterocycles. The molecule has 4 rings (SSSR count). The zero-order valence-electron chi connectivity index (χ0n) is 13.3. The summed E-state index contributed by atoms with van der Waals surface area (Å²) in [6.45, 7) is 0.771. The molecule has 1 unspecified atom stereocenters. The summed E-state index contributed by atoms with van der Waals surface area (Å²) in [7, 11) is 1.89. The molecule has 1 aliphatic heterocycles. The maximum absolute atomic E-state index is 12.9. The molecule has 8 nitrogen and oxygen atoms in total. The van der Waals surface area contributed by atoms with Crippen molar-refractivity contribution >= 4 is 5.91 Å². The van der Waals surface area contributed by atoms with Gasteiger partial charge in [-0.05, 0) is 47.5 Å². The molecule has 1 atom stereocenters. The van der Waals surface area contributed by atoms with Gasteiger partial charge in [-0.2, -0.15) is 5.10 Å². The van der Waals surface area contributed by atoms with Crippen LogP contribution in [-0.2, 0) is 7.05 Å². The van der Waals surface area contributed by atoms with Crippen molar-refractivity contribution in [3.63, 3.8) is 0 Å². The minimum atomic E-state index is 0.0459. The first-order valence-corrected chi connectivity index (χ1v) is 7.85. The predicted molar refractivity (Wildman–Crippen MR) is 85.4 cm³/mol. The quantitative estimate of drug-likeness (QED) is 0.727. The lowest BCUT2D eigenvalue weighted by molar-refractivity contribution is 0.0735. The van der Waals surface area contributed by atoms with Gasteiger partial charge < -0.3 is 4.90 Å². The van der Waals surface area contributed by atoms with Crippen LogP contribution < -0.4 is 0 Å². The van der Waals surface area contributed by atoms with Crippen LogP contribution in [0.25, 0.3) is 5.69 Å². The molecule has 0 spiro atoms. The minimum absolute atomic E-state index is 0.0459. The van der Waals surface area contributed by atoms with E-state index in [1.54, 1.807) is 9.36 Å². The number of carbonyl (C=O) groups is 1. The summed E-state index contributed by atoms with van der Waals surface area (Å²) in [6.07, 6.45) is 7.33. The second-order valence-electron chi connectivity index (χ2n) is 5.91. The molecule has 3 heterocycles. The molecule has 1 fully saturated rings. The number of likely N-dealkylation sites (tertiary alicyclic amines) is 1. The Labute approximate surface area is 138 Å². The van der Waals surface area contributed by atoms with E-state index in [2.05, 4.69) is 20.6 Å². The maximum atomic E-state index is 12.9. The van der Waals surface area contributed by atoms with Crippen LogP contribution in [0, 0.1) is 0 Å². The topological polar surface area (TPSA) is 81.7 Å². The highest BCUT2D eigenvalue weighted by molar-refractivity contribution is 5.94. The number of amides is 1. The Morgan fingerprint density at radius 2 is 2.08 bits per heavy atom. The van der Waals surface area contributed by atoms with Crippen LogP contribution in [0.2, 0.25) is 0 Å². The van der Waals surface area contributed by atoms with Gasteiger partial charge in [0.2, 0.25) is 0 Å². The molecule has 24 heavy (non-hydrogen) atoms. The molecule has 0 aliphatic carbocycles. The third-order valence-corrected chi connectivity index (χ3v) is 4.35. The third-order valence-electron chi connectivity index (χ3n) is 4.35. The molecule has 3 aromatic rings. The Morgan fingerprint density at radius 1 is 1.25 bits per heavy atom. The second-order valence-corrected chi connectivity index (χ2v) is 5.91. The van der Waals surface area contributed by atoms with Crippen LogP contribution in [0.1, 0.15) is 34.8 Å². The molecule has 0 saturated carbocycles. The van der Waals surface area contributed by atoms with E-state index in [4.69, 9.17) is 0 Å². The van der Waals surface area contributed by atoms with E-state index in [1.807, 2.05) is 48.6 Å². The first-order valence-electron chi connectivity index (χ1n) is 7.85. The number of aryl methyl sites for hydroxylation is 1. The van der Waals surface area contributed by atoms with Crippen molar-refractivity contribution in [3.8, 4) is 5.69 Å². The number of carbonyl (C=O) groups excluding carboxylic acids is 1. The second kappa shape index (κ2) is 5.88. The molecule has 8 heteroatoms. The fourth-order valence-corrected chi connectivity index (χ4v) is 3.17. The van der Waals surface area contributed by atoms with Crippen LogP contribution in [-0.4, -0.2) is 47.3 Å². The van der Waals surface area contributed by atoms with Gasteiger partial charge >= 0.3 is 0 Å². The summed E-state index contributed by atoms with van der Waals surface area (Å²) < 4.78 is 3.33. The molecular formula is C16H17N7O. The summed E-state index contributed by atoms with van der Waals surface area (Å²) >= 11 is 0. The van der Waals surface area contributed by atoms with Gasteiger partial charge in [-0.1, -0.05) is 0 Å². The molecule has 0 N–H and O–H groups in total. The predicted octanol–water partition coefficient (Wildman–Crippen LogP) is 1.37. The fourth-order valence-electron chi connectivity index (χ4n) is 3.17. The van der Waals surface area contributed by atoms with Crippen molar-refractivity contribution in [2.45, 2.75) is 18.9 Å². The van der Waals surface area contributed by atoms with E-state index < -0.39 is 0 Å². The monoisotopic (exact) mass is 323 g/mol. The van der Waals surface area contributed by atoms with E-state index >= 15 is 0 Å². The van der Waals surface area contributed by atoms with Crippen LogP contribution in [0.3, 0.4) is 0 Å². The van der Waals surface area contributed by atoms with Crippen LogP contribution in [0.15, 0.2) is 43.0 Å². The van der Waals surface area contributed by atoms with Crippen molar-refractivity contribution in [3.05, 3.63) is 54.1 Å². The van der Waals surface area contributed by atoms with Crippen molar-refractivity contribution in [2.24, 2.45) is 7.05 Å². The Kier molecular flexibility index (Phi) is 3.56. The summed E-state index contributed by atoms with van der Waals surface area (Å²) in [6, 6.07) is 7.43. The molecule has 122 valence electrons.